The van der Waals surface area contributed by atoms with Gasteiger partial charge in [-0.05, 0) is 13.8 Å². The fourth-order valence-electron chi connectivity index (χ4n) is 3.54. The van der Waals surface area contributed by atoms with Gasteiger partial charge in [-0.2, -0.15) is 0 Å². The molecule has 0 saturated carbocycles. The summed E-state index contributed by atoms with van der Waals surface area (Å²) < 4.78 is 0. The first kappa shape index (κ1) is 29.2. The molecule has 2 heterocycles. The lowest BCUT2D eigenvalue weighted by atomic mass is 10.1. The number of benzene rings is 1. The Balaban J connectivity index is 2.40. The summed E-state index contributed by atoms with van der Waals surface area (Å²) in [6.45, 7) is 19.1. The quantitative estimate of drug-likeness (QED) is 0.223. The molecule has 0 radical (unpaired) electrons. The average molecular weight is 525 g/mol. The van der Waals surface area contributed by atoms with E-state index in [-0.39, 0.29) is 0 Å². The molecule has 40 heavy (non-hydrogen) atoms. The topological polar surface area (TPSA) is 77.3 Å². The Morgan fingerprint density at radius 2 is 1.05 bits per heavy atom. The van der Waals surface area contributed by atoms with Gasteiger partial charge in [-0.15, -0.1) is 0 Å². The van der Waals surface area contributed by atoms with Gasteiger partial charge in [-0.25, -0.2) is 29.9 Å². The van der Waals surface area contributed by atoms with Crippen molar-refractivity contribution in [3.8, 4) is 23.0 Å². The van der Waals surface area contributed by atoms with Gasteiger partial charge in [-0.3, -0.25) is 0 Å². The van der Waals surface area contributed by atoms with E-state index in [0.717, 1.165) is 22.3 Å². The highest BCUT2D eigenvalue weighted by Gasteiger charge is 2.18. The third-order valence-electron chi connectivity index (χ3n) is 5.35. The average Bonchev–Trinajstić information content (AvgIpc) is 2.99. The second-order valence-electron chi connectivity index (χ2n) is 8.13. The summed E-state index contributed by atoms with van der Waals surface area (Å²) in [6.07, 6.45) is 23.6. The van der Waals surface area contributed by atoms with Gasteiger partial charge in [0.15, 0.2) is 23.3 Å². The van der Waals surface area contributed by atoms with Crippen molar-refractivity contribution in [2.45, 2.75) is 13.8 Å². The van der Waals surface area contributed by atoms with Crippen LogP contribution in [0.3, 0.4) is 0 Å². The third-order valence-corrected chi connectivity index (χ3v) is 5.35. The number of hydrogen-bond acceptors (Lipinski definition) is 6. The molecule has 0 unspecified atom stereocenters. The molecule has 6 heteroatoms. The number of rotatable bonds is 12. The van der Waals surface area contributed by atoms with Crippen molar-refractivity contribution in [2.24, 2.45) is 0 Å². The third kappa shape index (κ3) is 7.58. The van der Waals surface area contributed by atoms with Crippen LogP contribution in [0.15, 0.2) is 136 Å². The Hall–Kier alpha value is -5.36. The summed E-state index contributed by atoms with van der Waals surface area (Å²) in [6, 6.07) is 9.71. The second-order valence-corrected chi connectivity index (χ2v) is 8.13. The van der Waals surface area contributed by atoms with E-state index in [1.54, 1.807) is 24.3 Å². The van der Waals surface area contributed by atoms with E-state index in [2.05, 4.69) is 26.3 Å². The van der Waals surface area contributed by atoms with Crippen LogP contribution < -0.4 is 0 Å². The molecule has 0 N–H and O–H groups in total. The zero-order valence-corrected chi connectivity index (χ0v) is 22.9. The van der Waals surface area contributed by atoms with Gasteiger partial charge in [0.2, 0.25) is 11.6 Å². The lowest BCUT2D eigenvalue weighted by Crippen LogP contribution is -2.08. The molecule has 0 aliphatic carbocycles. The van der Waals surface area contributed by atoms with Crippen molar-refractivity contribution < 1.29 is 0 Å². The lowest BCUT2D eigenvalue weighted by Gasteiger charge is -2.11. The fraction of sp³-hybridized carbons (Fsp3) is 0.0588. The van der Waals surface area contributed by atoms with Crippen molar-refractivity contribution >= 4 is 16.7 Å². The molecular formula is C34H32N6. The highest BCUT2D eigenvalue weighted by atomic mass is 15.1. The van der Waals surface area contributed by atoms with E-state index in [4.69, 9.17) is 29.9 Å². The Kier molecular flexibility index (Phi) is 11.1. The van der Waals surface area contributed by atoms with E-state index in [1.807, 2.05) is 98.9 Å². The van der Waals surface area contributed by atoms with Crippen molar-refractivity contribution in [1.29, 1.82) is 0 Å². The molecule has 2 aromatic heterocycles. The molecule has 198 valence electrons. The van der Waals surface area contributed by atoms with E-state index >= 15 is 0 Å². The highest BCUT2D eigenvalue weighted by molar-refractivity contribution is 5.76. The Bertz CT molecular complexity index is 1570. The molecule has 0 saturated heterocycles. The van der Waals surface area contributed by atoms with Crippen molar-refractivity contribution in [3.05, 3.63) is 153 Å². The molecular weight excluding hydrogens is 492 g/mol. The molecule has 0 amide bonds. The smallest absolute Gasteiger partial charge is 0.202 e. The van der Waals surface area contributed by atoms with Gasteiger partial charge in [0, 0.05) is 22.3 Å². The second kappa shape index (κ2) is 15.1. The summed E-state index contributed by atoms with van der Waals surface area (Å²) in [4.78, 5) is 28.7. The predicted molar refractivity (Wildman–Crippen MR) is 168 cm³/mol. The van der Waals surface area contributed by atoms with E-state index < -0.39 is 0 Å². The van der Waals surface area contributed by atoms with Crippen LogP contribution in [0, 0.1) is 0 Å². The summed E-state index contributed by atoms with van der Waals surface area (Å²) >= 11 is 0. The van der Waals surface area contributed by atoms with E-state index in [9.17, 15) is 0 Å². The Morgan fingerprint density at radius 3 is 1.60 bits per heavy atom. The molecule has 0 spiro atoms. The standard InChI is InChI=1S/C34H32N6/c1-7-13-21-25(12-6)29-35-31(27(20-11-5)22-14-8-2)39-33(37-29)34-38-30(26(18-9-3)19-10-4)36-32(40-34)28-23-16-15-17-24-28/h7-24H,1-3,5H2,4,6H3/b19-10-,21-13-,22-14-,25-12+,26-18+,27-20+. The van der Waals surface area contributed by atoms with Crippen molar-refractivity contribution in [2.75, 3.05) is 0 Å². The minimum absolute atomic E-state index is 0.299. The SMILES string of the molecule is C=C/C=C\C(=C/C)c1nc(C(/C=C\C=C)=C/C=C)nc(-c2nc(C(/C=C\C)=C/C=C)nc(-c3ccccc3)n2)n1. The molecule has 6 nitrogen and oxygen atoms in total. The maximum absolute atomic E-state index is 4.79. The van der Waals surface area contributed by atoms with Crippen LogP contribution in [0.1, 0.15) is 31.3 Å². The molecule has 0 aliphatic heterocycles. The maximum Gasteiger partial charge on any atom is 0.202 e. The first-order valence-corrected chi connectivity index (χ1v) is 12.7. The molecule has 3 aromatic rings. The van der Waals surface area contributed by atoms with Crippen LogP contribution in [0.2, 0.25) is 0 Å². The van der Waals surface area contributed by atoms with Gasteiger partial charge < -0.3 is 0 Å². The first-order valence-electron chi connectivity index (χ1n) is 12.7. The molecule has 0 aliphatic rings. The van der Waals surface area contributed by atoms with Gasteiger partial charge in [0.1, 0.15) is 0 Å². The first-order chi connectivity index (χ1) is 19.6. The summed E-state index contributed by atoms with van der Waals surface area (Å²) in [5.74, 6) is 2.46. The van der Waals surface area contributed by atoms with Crippen LogP contribution in [-0.2, 0) is 0 Å². The summed E-state index contributed by atoms with van der Waals surface area (Å²) in [7, 11) is 0. The molecule has 0 atom stereocenters. The summed E-state index contributed by atoms with van der Waals surface area (Å²) in [5, 5.41) is 0. The number of nitrogens with zero attached hydrogens (tertiary/aromatic N) is 6. The van der Waals surface area contributed by atoms with Crippen LogP contribution >= 0.6 is 0 Å². The molecule has 0 fully saturated rings. The Labute approximate surface area is 236 Å². The van der Waals surface area contributed by atoms with Gasteiger partial charge >= 0.3 is 0 Å². The minimum atomic E-state index is 0.299. The monoisotopic (exact) mass is 524 g/mol. The van der Waals surface area contributed by atoms with E-state index in [1.165, 1.54) is 0 Å². The lowest BCUT2D eigenvalue weighted by molar-refractivity contribution is 0.954. The fourth-order valence-corrected chi connectivity index (χ4v) is 3.54. The normalized spacial score (nSPS) is 12.8. The van der Waals surface area contributed by atoms with E-state index in [0.29, 0.717) is 34.9 Å². The maximum atomic E-state index is 4.79. The molecule has 0 bridgehead atoms. The largest absolute Gasteiger partial charge is 0.208 e. The number of hydrogen-bond donors (Lipinski definition) is 0. The molecule has 3 rings (SSSR count). The van der Waals surface area contributed by atoms with Gasteiger partial charge in [0.05, 0.1) is 0 Å². The van der Waals surface area contributed by atoms with Gasteiger partial charge in [0.25, 0.3) is 0 Å². The Morgan fingerprint density at radius 1 is 0.550 bits per heavy atom. The minimum Gasteiger partial charge on any atom is -0.208 e. The van der Waals surface area contributed by atoms with Crippen LogP contribution in [0.5, 0.6) is 0 Å². The van der Waals surface area contributed by atoms with Crippen molar-refractivity contribution in [3.63, 3.8) is 0 Å². The number of allylic oxidation sites excluding steroid dienone is 16. The zero-order chi connectivity index (χ0) is 28.7. The zero-order valence-electron chi connectivity index (χ0n) is 22.9. The molecule has 1 aromatic carbocycles. The van der Waals surface area contributed by atoms with Crippen molar-refractivity contribution in [1.82, 2.24) is 29.9 Å². The van der Waals surface area contributed by atoms with Crippen LogP contribution in [0.4, 0.5) is 0 Å². The number of aromatic nitrogens is 6. The van der Waals surface area contributed by atoms with Crippen LogP contribution in [0.25, 0.3) is 39.8 Å². The predicted octanol–water partition coefficient (Wildman–Crippen LogP) is 7.99. The van der Waals surface area contributed by atoms with Gasteiger partial charge in [-0.1, -0.05) is 136 Å². The van der Waals surface area contributed by atoms with Crippen LogP contribution in [-0.4, -0.2) is 29.9 Å². The highest BCUT2D eigenvalue weighted by Crippen LogP contribution is 2.24. The summed E-state index contributed by atoms with van der Waals surface area (Å²) in [5.41, 5.74) is 3.12.